The summed E-state index contributed by atoms with van der Waals surface area (Å²) in [5.41, 5.74) is 2.44. The number of hydrogen-bond donors (Lipinski definition) is 2. The molecule has 0 fully saturated rings. The Bertz CT molecular complexity index is 962. The second-order valence-corrected chi connectivity index (χ2v) is 6.74. The largest absolute Gasteiger partial charge is 0.488 e. The number of nitrogens with one attached hydrogen (secondary N) is 1. The molecule has 6 heteroatoms. The van der Waals surface area contributed by atoms with Crippen LogP contribution in [0.1, 0.15) is 21.5 Å². The average Bonchev–Trinajstić information content (AvgIpc) is 2.67. The van der Waals surface area contributed by atoms with Gasteiger partial charge in [-0.25, -0.2) is 9.18 Å². The van der Waals surface area contributed by atoms with Crippen molar-refractivity contribution in [2.24, 2.45) is 0 Å². The molecule has 138 valence electrons. The van der Waals surface area contributed by atoms with Crippen molar-refractivity contribution in [1.82, 2.24) is 0 Å². The summed E-state index contributed by atoms with van der Waals surface area (Å²) >= 11 is 3.47. The molecule has 3 aromatic rings. The topological polar surface area (TPSA) is 58.6 Å². The molecule has 0 spiro atoms. The fourth-order valence-electron chi connectivity index (χ4n) is 2.51. The fourth-order valence-corrected chi connectivity index (χ4v) is 3.05. The zero-order chi connectivity index (χ0) is 19.2. The SMILES string of the molecule is O=C(O)c1cccc(NCc2ccc(OCc3ccccc3F)c(Br)c2)c1. The van der Waals surface area contributed by atoms with E-state index in [-0.39, 0.29) is 18.0 Å². The number of halogens is 2. The number of anilines is 1. The molecule has 0 amide bonds. The molecule has 0 aliphatic heterocycles. The molecule has 0 atom stereocenters. The maximum absolute atomic E-state index is 13.7. The molecule has 3 rings (SSSR count). The highest BCUT2D eigenvalue weighted by molar-refractivity contribution is 9.10. The molecule has 0 unspecified atom stereocenters. The monoisotopic (exact) mass is 429 g/mol. The third-order valence-corrected chi connectivity index (χ3v) is 4.56. The summed E-state index contributed by atoms with van der Waals surface area (Å²) < 4.78 is 20.1. The summed E-state index contributed by atoms with van der Waals surface area (Å²) in [5.74, 6) is -0.634. The molecule has 0 bridgehead atoms. The van der Waals surface area contributed by atoms with Crippen LogP contribution in [0, 0.1) is 5.82 Å². The van der Waals surface area contributed by atoms with E-state index >= 15 is 0 Å². The molecule has 0 saturated carbocycles. The van der Waals surface area contributed by atoms with E-state index in [4.69, 9.17) is 9.84 Å². The van der Waals surface area contributed by atoms with Crippen LogP contribution in [0.5, 0.6) is 5.75 Å². The van der Waals surface area contributed by atoms with Gasteiger partial charge in [-0.15, -0.1) is 0 Å². The minimum absolute atomic E-state index is 0.144. The first kappa shape index (κ1) is 18.9. The quantitative estimate of drug-likeness (QED) is 0.522. The van der Waals surface area contributed by atoms with E-state index in [0.29, 0.717) is 17.9 Å². The number of carbonyl (C=O) groups is 1. The fraction of sp³-hybridized carbons (Fsp3) is 0.0952. The van der Waals surface area contributed by atoms with Crippen LogP contribution in [0.4, 0.5) is 10.1 Å². The van der Waals surface area contributed by atoms with E-state index in [2.05, 4.69) is 21.2 Å². The number of carboxylic acids is 1. The standard InChI is InChI=1S/C21H17BrFNO3/c22-18-10-14(12-24-17-6-3-5-15(11-17)21(25)26)8-9-20(18)27-13-16-4-1-2-7-19(16)23/h1-11,24H,12-13H2,(H,25,26). The Hall–Kier alpha value is -2.86. The van der Waals surface area contributed by atoms with Gasteiger partial charge in [0.05, 0.1) is 10.0 Å². The second-order valence-electron chi connectivity index (χ2n) is 5.88. The van der Waals surface area contributed by atoms with Gasteiger partial charge in [0.25, 0.3) is 0 Å². The zero-order valence-corrected chi connectivity index (χ0v) is 15.9. The number of hydrogen-bond acceptors (Lipinski definition) is 3. The van der Waals surface area contributed by atoms with Gasteiger partial charge in [0.1, 0.15) is 18.2 Å². The van der Waals surface area contributed by atoms with Crippen molar-refractivity contribution in [3.05, 3.63) is 93.7 Å². The van der Waals surface area contributed by atoms with Crippen molar-refractivity contribution in [1.29, 1.82) is 0 Å². The Kier molecular flexibility index (Phi) is 6.08. The van der Waals surface area contributed by atoms with Gasteiger partial charge >= 0.3 is 5.97 Å². The lowest BCUT2D eigenvalue weighted by molar-refractivity contribution is 0.0697. The van der Waals surface area contributed by atoms with Crippen molar-refractivity contribution >= 4 is 27.6 Å². The Balaban J connectivity index is 1.62. The third-order valence-electron chi connectivity index (χ3n) is 3.94. The van der Waals surface area contributed by atoms with Crippen molar-refractivity contribution < 1.29 is 19.0 Å². The molecule has 0 aliphatic carbocycles. The van der Waals surface area contributed by atoms with Crippen LogP contribution in [0.25, 0.3) is 0 Å². The number of rotatable bonds is 7. The average molecular weight is 430 g/mol. The Morgan fingerprint density at radius 1 is 1.07 bits per heavy atom. The van der Waals surface area contributed by atoms with Gasteiger partial charge in [0.15, 0.2) is 0 Å². The summed E-state index contributed by atoms with van der Waals surface area (Å²) in [5, 5.41) is 12.2. The lowest BCUT2D eigenvalue weighted by atomic mass is 10.2. The normalized spacial score (nSPS) is 10.4. The van der Waals surface area contributed by atoms with Gasteiger partial charge in [-0.05, 0) is 57.9 Å². The number of aromatic carboxylic acids is 1. The summed E-state index contributed by atoms with van der Waals surface area (Å²) in [6.07, 6.45) is 0. The first-order chi connectivity index (χ1) is 13.0. The van der Waals surface area contributed by atoms with Crippen LogP contribution in [0.15, 0.2) is 71.2 Å². The van der Waals surface area contributed by atoms with Gasteiger partial charge < -0.3 is 15.2 Å². The maximum Gasteiger partial charge on any atom is 0.335 e. The van der Waals surface area contributed by atoms with E-state index in [0.717, 1.165) is 15.7 Å². The smallest absolute Gasteiger partial charge is 0.335 e. The highest BCUT2D eigenvalue weighted by atomic mass is 79.9. The molecule has 4 nitrogen and oxygen atoms in total. The minimum atomic E-state index is -0.960. The highest BCUT2D eigenvalue weighted by Crippen LogP contribution is 2.27. The van der Waals surface area contributed by atoms with Crippen LogP contribution in [0.2, 0.25) is 0 Å². The lowest BCUT2D eigenvalue weighted by Gasteiger charge is -2.12. The van der Waals surface area contributed by atoms with Crippen LogP contribution in [-0.2, 0) is 13.2 Å². The molecule has 0 aromatic heterocycles. The second kappa shape index (κ2) is 8.68. The number of ether oxygens (including phenoxy) is 1. The first-order valence-corrected chi connectivity index (χ1v) is 9.04. The maximum atomic E-state index is 13.7. The number of benzene rings is 3. The first-order valence-electron chi connectivity index (χ1n) is 8.25. The van der Waals surface area contributed by atoms with Crippen molar-refractivity contribution in [2.45, 2.75) is 13.2 Å². The zero-order valence-electron chi connectivity index (χ0n) is 14.3. The van der Waals surface area contributed by atoms with E-state index < -0.39 is 5.97 Å². The van der Waals surface area contributed by atoms with Crippen LogP contribution < -0.4 is 10.1 Å². The molecule has 0 saturated heterocycles. The van der Waals surface area contributed by atoms with E-state index in [1.807, 2.05) is 24.3 Å². The highest BCUT2D eigenvalue weighted by Gasteiger charge is 2.07. The van der Waals surface area contributed by atoms with Crippen LogP contribution in [-0.4, -0.2) is 11.1 Å². The summed E-state index contributed by atoms with van der Waals surface area (Å²) in [6, 6.07) is 18.8. The Labute approximate surface area is 164 Å². The molecule has 0 heterocycles. The molecule has 2 N–H and O–H groups in total. The molecule has 3 aromatic carbocycles. The summed E-state index contributed by atoms with van der Waals surface area (Å²) in [7, 11) is 0. The van der Waals surface area contributed by atoms with Gasteiger partial charge in [-0.3, -0.25) is 0 Å². The van der Waals surface area contributed by atoms with E-state index in [9.17, 15) is 9.18 Å². The van der Waals surface area contributed by atoms with Gasteiger partial charge in [-0.2, -0.15) is 0 Å². The molecule has 0 aliphatic rings. The summed E-state index contributed by atoms with van der Waals surface area (Å²) in [6.45, 7) is 0.667. The predicted molar refractivity (Wildman–Crippen MR) is 106 cm³/mol. The van der Waals surface area contributed by atoms with Crippen LogP contribution in [0.3, 0.4) is 0 Å². The van der Waals surface area contributed by atoms with E-state index in [1.54, 1.807) is 36.4 Å². The lowest BCUT2D eigenvalue weighted by Crippen LogP contribution is -2.03. The Morgan fingerprint density at radius 2 is 1.89 bits per heavy atom. The number of carboxylic acid groups (broad SMARTS) is 1. The Morgan fingerprint density at radius 3 is 2.63 bits per heavy atom. The molecule has 27 heavy (non-hydrogen) atoms. The summed E-state index contributed by atoms with van der Waals surface area (Å²) in [4.78, 5) is 11.0. The third kappa shape index (κ3) is 5.08. The molecule has 0 radical (unpaired) electrons. The van der Waals surface area contributed by atoms with Gasteiger partial charge in [-0.1, -0.05) is 30.3 Å². The molecular weight excluding hydrogens is 413 g/mol. The minimum Gasteiger partial charge on any atom is -0.488 e. The van der Waals surface area contributed by atoms with Crippen LogP contribution >= 0.6 is 15.9 Å². The van der Waals surface area contributed by atoms with E-state index in [1.165, 1.54) is 6.07 Å². The molecular formula is C21H17BrFNO3. The van der Waals surface area contributed by atoms with Gasteiger partial charge in [0, 0.05) is 17.8 Å². The predicted octanol–water partition coefficient (Wildman–Crippen LogP) is 5.48. The van der Waals surface area contributed by atoms with Crippen molar-refractivity contribution in [3.63, 3.8) is 0 Å². The van der Waals surface area contributed by atoms with Crippen molar-refractivity contribution in [2.75, 3.05) is 5.32 Å². The van der Waals surface area contributed by atoms with Crippen molar-refractivity contribution in [3.8, 4) is 5.75 Å². The van der Waals surface area contributed by atoms with Gasteiger partial charge in [0.2, 0.25) is 0 Å².